The van der Waals surface area contributed by atoms with E-state index in [1.807, 2.05) is 12.1 Å². The van der Waals surface area contributed by atoms with E-state index in [2.05, 4.69) is 30.1 Å². The van der Waals surface area contributed by atoms with E-state index in [-0.39, 0.29) is 23.6 Å². The Bertz CT molecular complexity index is 794. The third-order valence-corrected chi connectivity index (χ3v) is 5.04. The largest absolute Gasteiger partial charge is 0.429 e. The number of allylic oxidation sites excluding steroid dienone is 2. The van der Waals surface area contributed by atoms with Crippen molar-refractivity contribution in [1.29, 1.82) is 0 Å². The molecule has 0 N–H and O–H groups in total. The smallest absolute Gasteiger partial charge is 0.311 e. The van der Waals surface area contributed by atoms with E-state index >= 15 is 0 Å². The number of carbonyl (C=O) groups excluding carboxylic acids is 2. The molecular formula is C21H25NO3. The molecule has 0 aliphatic heterocycles. The summed E-state index contributed by atoms with van der Waals surface area (Å²) in [5.41, 5.74) is 0. The number of ether oxygens (including phenoxy) is 1. The molecule has 1 fully saturated rings. The fraction of sp³-hybridized carbons (Fsp3) is 0.476. The molecule has 0 spiro atoms. The average molecular weight is 339 g/mol. The lowest BCUT2D eigenvalue weighted by Gasteiger charge is -2.17. The van der Waals surface area contributed by atoms with Crippen LogP contribution in [0.3, 0.4) is 0 Å². The Morgan fingerprint density at radius 3 is 3.08 bits per heavy atom. The monoisotopic (exact) mass is 339 g/mol. The van der Waals surface area contributed by atoms with Crippen molar-refractivity contribution in [3.63, 3.8) is 0 Å². The highest BCUT2D eigenvalue weighted by molar-refractivity contribution is 5.85. The van der Waals surface area contributed by atoms with E-state index in [0.29, 0.717) is 25.0 Å². The van der Waals surface area contributed by atoms with Crippen molar-refractivity contribution in [3.05, 3.63) is 41.0 Å². The van der Waals surface area contributed by atoms with Gasteiger partial charge in [0, 0.05) is 31.4 Å². The lowest BCUT2D eigenvalue weighted by molar-refractivity contribution is -0.138. The molecule has 25 heavy (non-hydrogen) atoms. The van der Waals surface area contributed by atoms with Gasteiger partial charge in [-0.3, -0.25) is 14.6 Å². The van der Waals surface area contributed by atoms with Gasteiger partial charge < -0.3 is 4.74 Å². The number of pyridine rings is 1. The van der Waals surface area contributed by atoms with E-state index < -0.39 is 0 Å². The molecule has 1 saturated carbocycles. The molecule has 2 atom stereocenters. The summed E-state index contributed by atoms with van der Waals surface area (Å²) in [7, 11) is 0. The Labute approximate surface area is 148 Å². The molecule has 4 heteroatoms. The number of hydrogen-bond acceptors (Lipinski definition) is 4. The van der Waals surface area contributed by atoms with Gasteiger partial charge in [-0.15, -0.1) is 0 Å². The molecule has 0 aromatic carbocycles. The topological polar surface area (TPSA) is 56.3 Å². The van der Waals surface area contributed by atoms with Crippen molar-refractivity contribution in [2.75, 3.05) is 0 Å². The van der Waals surface area contributed by atoms with Gasteiger partial charge in [0.1, 0.15) is 16.9 Å². The highest BCUT2D eigenvalue weighted by Gasteiger charge is 2.35. The van der Waals surface area contributed by atoms with E-state index in [1.54, 1.807) is 6.20 Å². The summed E-state index contributed by atoms with van der Waals surface area (Å²) >= 11 is 0. The molecule has 1 aromatic rings. The van der Waals surface area contributed by atoms with Crippen LogP contribution in [0.2, 0.25) is 0 Å². The quantitative estimate of drug-likeness (QED) is 0.591. The molecule has 0 amide bonds. The molecule has 2 aliphatic rings. The van der Waals surface area contributed by atoms with Crippen LogP contribution in [-0.4, -0.2) is 16.7 Å². The summed E-state index contributed by atoms with van der Waals surface area (Å²) in [4.78, 5) is 28.9. The third-order valence-electron chi connectivity index (χ3n) is 5.04. The zero-order valence-electron chi connectivity index (χ0n) is 14.7. The minimum atomic E-state index is -0.238. The summed E-state index contributed by atoms with van der Waals surface area (Å²) in [6.45, 7) is 2.08. The van der Waals surface area contributed by atoms with Crippen molar-refractivity contribution in [2.24, 2.45) is 11.8 Å². The van der Waals surface area contributed by atoms with Crippen LogP contribution >= 0.6 is 0 Å². The second-order valence-corrected chi connectivity index (χ2v) is 6.77. The lowest BCUT2D eigenvalue weighted by Crippen LogP contribution is -2.33. The average Bonchev–Trinajstić information content (AvgIpc) is 2.95. The SMILES string of the molecule is CC/C=C\CC1C(=O)CCC1CC(=O)OC1=c2ncccc2=CCC1. The van der Waals surface area contributed by atoms with Crippen LogP contribution < -0.4 is 10.6 Å². The van der Waals surface area contributed by atoms with Gasteiger partial charge in [0.05, 0.1) is 0 Å². The third kappa shape index (κ3) is 4.25. The maximum absolute atomic E-state index is 12.4. The summed E-state index contributed by atoms with van der Waals surface area (Å²) in [6, 6.07) is 3.87. The summed E-state index contributed by atoms with van der Waals surface area (Å²) in [5, 5.41) is 1.79. The molecule has 2 aliphatic carbocycles. The number of hydrogen-bond donors (Lipinski definition) is 0. The van der Waals surface area contributed by atoms with E-state index in [9.17, 15) is 9.59 Å². The minimum Gasteiger partial charge on any atom is -0.429 e. The first-order valence-corrected chi connectivity index (χ1v) is 9.21. The fourth-order valence-electron chi connectivity index (χ4n) is 3.74. The van der Waals surface area contributed by atoms with E-state index in [4.69, 9.17) is 4.74 Å². The molecule has 132 valence electrons. The first-order chi connectivity index (χ1) is 12.2. The number of aromatic nitrogens is 1. The maximum atomic E-state index is 12.4. The number of ketones is 1. The fourth-order valence-corrected chi connectivity index (χ4v) is 3.74. The summed E-state index contributed by atoms with van der Waals surface area (Å²) in [6.07, 6.45) is 12.9. The molecule has 4 nitrogen and oxygen atoms in total. The number of esters is 1. The molecular weight excluding hydrogens is 314 g/mol. The Kier molecular flexibility index (Phi) is 5.79. The highest BCUT2D eigenvalue weighted by atomic mass is 16.5. The van der Waals surface area contributed by atoms with Crippen LogP contribution in [0.1, 0.15) is 51.9 Å². The van der Waals surface area contributed by atoms with Crippen LogP contribution in [0.4, 0.5) is 0 Å². The van der Waals surface area contributed by atoms with Gasteiger partial charge in [-0.25, -0.2) is 0 Å². The first kappa shape index (κ1) is 17.6. The molecule has 1 aromatic heterocycles. The van der Waals surface area contributed by atoms with Crippen molar-refractivity contribution >= 4 is 23.6 Å². The van der Waals surface area contributed by atoms with Gasteiger partial charge in [-0.05, 0) is 42.9 Å². The number of Topliss-reactive ketones (excluding diaryl/α,β-unsaturated/α-hetero) is 1. The van der Waals surface area contributed by atoms with Gasteiger partial charge in [-0.2, -0.15) is 0 Å². The van der Waals surface area contributed by atoms with Crippen molar-refractivity contribution in [1.82, 2.24) is 4.98 Å². The van der Waals surface area contributed by atoms with Crippen LogP contribution in [0, 0.1) is 11.8 Å². The van der Waals surface area contributed by atoms with Gasteiger partial charge in [-0.1, -0.05) is 31.2 Å². The lowest BCUT2D eigenvalue weighted by atomic mass is 9.89. The first-order valence-electron chi connectivity index (χ1n) is 9.21. The highest BCUT2D eigenvalue weighted by Crippen LogP contribution is 2.34. The minimum absolute atomic E-state index is 0.0366. The number of carbonyl (C=O) groups is 2. The van der Waals surface area contributed by atoms with Crippen LogP contribution in [0.15, 0.2) is 30.5 Å². The molecule has 2 unspecified atom stereocenters. The molecule has 0 radical (unpaired) electrons. The predicted octanol–water partition coefficient (Wildman–Crippen LogP) is 2.65. The van der Waals surface area contributed by atoms with Crippen molar-refractivity contribution < 1.29 is 14.3 Å². The maximum Gasteiger partial charge on any atom is 0.311 e. The number of nitrogens with zero attached hydrogens (tertiary/aromatic N) is 1. The van der Waals surface area contributed by atoms with Gasteiger partial charge in [0.25, 0.3) is 0 Å². The second-order valence-electron chi connectivity index (χ2n) is 6.77. The summed E-state index contributed by atoms with van der Waals surface area (Å²) < 4.78 is 5.65. The normalized spacial score (nSPS) is 22.8. The van der Waals surface area contributed by atoms with E-state index in [1.165, 1.54) is 0 Å². The Balaban J connectivity index is 1.67. The Hall–Kier alpha value is -2.23. The van der Waals surface area contributed by atoms with Crippen molar-refractivity contribution in [2.45, 2.75) is 51.9 Å². The predicted molar refractivity (Wildman–Crippen MR) is 96.6 cm³/mol. The molecule has 1 heterocycles. The molecule has 0 saturated heterocycles. The second kappa shape index (κ2) is 8.24. The van der Waals surface area contributed by atoms with Crippen LogP contribution in [0.25, 0.3) is 11.8 Å². The molecule has 3 rings (SSSR count). The Morgan fingerprint density at radius 2 is 2.24 bits per heavy atom. The van der Waals surface area contributed by atoms with Gasteiger partial charge >= 0.3 is 5.97 Å². The molecule has 0 bridgehead atoms. The summed E-state index contributed by atoms with van der Waals surface area (Å²) in [5.74, 6) is 0.768. The number of fused-ring (bicyclic) bond motifs is 1. The number of rotatable bonds is 6. The zero-order valence-corrected chi connectivity index (χ0v) is 14.7. The van der Waals surface area contributed by atoms with Gasteiger partial charge in [0.2, 0.25) is 0 Å². The zero-order chi connectivity index (χ0) is 17.6. The Morgan fingerprint density at radius 1 is 1.36 bits per heavy atom. The van der Waals surface area contributed by atoms with Crippen molar-refractivity contribution in [3.8, 4) is 0 Å². The standard InChI is InChI=1S/C21H25NO3/c1-2-3-4-9-17-16(11-12-18(17)23)14-20(24)25-19-10-5-7-15-8-6-13-22-21(15)19/h3-4,6-8,13,16-17H,2,5,9-12,14H2,1H3/b4-3-. The van der Waals surface area contributed by atoms with Crippen LogP contribution in [-0.2, 0) is 14.3 Å². The van der Waals surface area contributed by atoms with Gasteiger partial charge in [0.15, 0.2) is 0 Å². The van der Waals surface area contributed by atoms with E-state index in [0.717, 1.165) is 36.3 Å². The van der Waals surface area contributed by atoms with Crippen LogP contribution in [0.5, 0.6) is 0 Å².